The van der Waals surface area contributed by atoms with E-state index >= 15 is 0 Å². The van der Waals surface area contributed by atoms with Crippen LogP contribution in [0.2, 0.25) is 0 Å². The van der Waals surface area contributed by atoms with Crippen molar-refractivity contribution >= 4 is 0 Å². The number of alkyl halides is 2. The molecule has 0 atom stereocenters. The van der Waals surface area contributed by atoms with E-state index in [4.69, 9.17) is 9.47 Å². The minimum atomic E-state index is -2.44. The number of ether oxygens (including phenoxy) is 2. The molecule has 0 aliphatic heterocycles. The van der Waals surface area contributed by atoms with E-state index in [1.54, 1.807) is 12.4 Å². The van der Waals surface area contributed by atoms with Crippen LogP contribution >= 0.6 is 0 Å². The first-order valence-electron chi connectivity index (χ1n) is 6.25. The van der Waals surface area contributed by atoms with Gasteiger partial charge in [-0.05, 0) is 35.4 Å². The van der Waals surface area contributed by atoms with Crippen LogP contribution in [0.3, 0.4) is 0 Å². The van der Waals surface area contributed by atoms with Crippen LogP contribution in [0.4, 0.5) is 8.78 Å². The largest absolute Gasteiger partial charge is 0.491 e. The first-order valence-corrected chi connectivity index (χ1v) is 6.25. The van der Waals surface area contributed by atoms with Crippen LogP contribution in [0.5, 0.6) is 5.75 Å². The molecule has 0 saturated carbocycles. The lowest BCUT2D eigenvalue weighted by Gasteiger charge is -2.08. The molecule has 1 heterocycles. The molecule has 0 radical (unpaired) electrons. The molecular formula is C15H15F2NO2. The number of aromatic nitrogens is 1. The predicted molar refractivity (Wildman–Crippen MR) is 72.0 cm³/mol. The average molecular weight is 279 g/mol. The fraction of sp³-hybridized carbons (Fsp3) is 0.267. The van der Waals surface area contributed by atoms with Crippen LogP contribution in [0.15, 0.2) is 48.8 Å². The molecule has 1 aromatic carbocycles. The van der Waals surface area contributed by atoms with Crippen molar-refractivity contribution < 1.29 is 18.3 Å². The van der Waals surface area contributed by atoms with Crippen molar-refractivity contribution in [2.75, 3.05) is 19.8 Å². The summed E-state index contributed by atoms with van der Waals surface area (Å²) in [5.74, 6) is 0.681. The second kappa shape index (κ2) is 7.55. The maximum Gasteiger partial charge on any atom is 0.261 e. The highest BCUT2D eigenvalue weighted by atomic mass is 19.3. The molecule has 0 saturated heterocycles. The molecule has 5 heteroatoms. The average Bonchev–Trinajstić information content (AvgIpc) is 2.48. The number of nitrogens with zero attached hydrogens (tertiary/aromatic N) is 1. The zero-order valence-corrected chi connectivity index (χ0v) is 10.8. The van der Waals surface area contributed by atoms with Gasteiger partial charge in [-0.15, -0.1) is 0 Å². The van der Waals surface area contributed by atoms with E-state index in [1.807, 2.05) is 36.4 Å². The molecule has 0 aliphatic carbocycles. The van der Waals surface area contributed by atoms with Crippen LogP contribution in [-0.2, 0) is 4.74 Å². The molecule has 2 rings (SSSR count). The summed E-state index contributed by atoms with van der Waals surface area (Å²) in [5.41, 5.74) is 2.05. The number of halogens is 2. The topological polar surface area (TPSA) is 31.4 Å². The van der Waals surface area contributed by atoms with Gasteiger partial charge in [-0.1, -0.05) is 12.1 Å². The van der Waals surface area contributed by atoms with Gasteiger partial charge in [-0.3, -0.25) is 4.98 Å². The van der Waals surface area contributed by atoms with E-state index in [0.717, 1.165) is 11.1 Å². The molecule has 0 spiro atoms. The highest BCUT2D eigenvalue weighted by Gasteiger charge is 2.02. The van der Waals surface area contributed by atoms with Crippen LogP contribution in [0.25, 0.3) is 11.1 Å². The Kier molecular flexibility index (Phi) is 5.43. The van der Waals surface area contributed by atoms with E-state index in [9.17, 15) is 8.78 Å². The Balaban J connectivity index is 1.87. The standard InChI is InChI=1S/C15H15F2NO2/c16-15(17)11-19-8-9-20-14-3-1-2-13(10-14)12-4-6-18-7-5-12/h1-7,10,15H,8-9,11H2. The molecule has 2 aromatic rings. The molecule has 0 bridgehead atoms. The second-order valence-electron chi connectivity index (χ2n) is 4.08. The number of rotatable bonds is 7. The van der Waals surface area contributed by atoms with Gasteiger partial charge in [0.25, 0.3) is 6.43 Å². The first kappa shape index (κ1) is 14.4. The highest BCUT2D eigenvalue weighted by Crippen LogP contribution is 2.23. The van der Waals surface area contributed by atoms with Gasteiger partial charge < -0.3 is 9.47 Å². The van der Waals surface area contributed by atoms with Gasteiger partial charge in [-0.2, -0.15) is 0 Å². The minimum absolute atomic E-state index is 0.143. The Bertz CT molecular complexity index is 520. The summed E-state index contributed by atoms with van der Waals surface area (Å²) in [4.78, 5) is 3.97. The van der Waals surface area contributed by atoms with Crippen LogP contribution < -0.4 is 4.74 Å². The molecule has 106 valence electrons. The Morgan fingerprint density at radius 1 is 1.00 bits per heavy atom. The van der Waals surface area contributed by atoms with Gasteiger partial charge in [0.05, 0.1) is 6.61 Å². The fourth-order valence-electron chi connectivity index (χ4n) is 1.70. The predicted octanol–water partition coefficient (Wildman–Crippen LogP) is 3.41. The number of benzene rings is 1. The lowest BCUT2D eigenvalue weighted by Crippen LogP contribution is -2.11. The lowest BCUT2D eigenvalue weighted by atomic mass is 10.1. The maximum atomic E-state index is 11.9. The Hall–Kier alpha value is -2.01. The number of pyridine rings is 1. The summed E-state index contributed by atoms with van der Waals surface area (Å²) >= 11 is 0. The summed E-state index contributed by atoms with van der Waals surface area (Å²) in [6, 6.07) is 11.4. The normalized spacial score (nSPS) is 10.8. The Morgan fingerprint density at radius 3 is 2.55 bits per heavy atom. The zero-order valence-electron chi connectivity index (χ0n) is 10.8. The molecule has 20 heavy (non-hydrogen) atoms. The van der Waals surface area contributed by atoms with Crippen molar-refractivity contribution in [2.24, 2.45) is 0 Å². The zero-order chi connectivity index (χ0) is 14.2. The summed E-state index contributed by atoms with van der Waals surface area (Å²) in [6.45, 7) is -0.170. The molecule has 3 nitrogen and oxygen atoms in total. The molecule has 0 unspecified atom stereocenters. The third kappa shape index (κ3) is 4.59. The Labute approximate surface area is 116 Å². The van der Waals surface area contributed by atoms with E-state index in [1.165, 1.54) is 0 Å². The third-order valence-corrected chi connectivity index (χ3v) is 2.59. The van der Waals surface area contributed by atoms with Crippen molar-refractivity contribution in [1.29, 1.82) is 0 Å². The highest BCUT2D eigenvalue weighted by molar-refractivity contribution is 5.64. The van der Waals surface area contributed by atoms with Gasteiger partial charge in [0.15, 0.2) is 0 Å². The van der Waals surface area contributed by atoms with Gasteiger partial charge in [0.1, 0.15) is 19.0 Å². The third-order valence-electron chi connectivity index (χ3n) is 2.59. The summed E-state index contributed by atoms with van der Waals surface area (Å²) in [6.07, 6.45) is 1.01. The van der Waals surface area contributed by atoms with Crippen LogP contribution in [0.1, 0.15) is 0 Å². The van der Waals surface area contributed by atoms with E-state index in [0.29, 0.717) is 5.75 Å². The smallest absolute Gasteiger partial charge is 0.261 e. The SMILES string of the molecule is FC(F)COCCOc1cccc(-c2ccncc2)c1. The monoisotopic (exact) mass is 279 g/mol. The molecule has 1 aromatic heterocycles. The first-order chi connectivity index (χ1) is 9.75. The summed E-state index contributed by atoms with van der Waals surface area (Å²) in [5, 5.41) is 0. The quantitative estimate of drug-likeness (QED) is 0.728. The van der Waals surface area contributed by atoms with Gasteiger partial charge in [0.2, 0.25) is 0 Å². The van der Waals surface area contributed by atoms with Crippen molar-refractivity contribution in [3.63, 3.8) is 0 Å². The van der Waals surface area contributed by atoms with Gasteiger partial charge in [-0.25, -0.2) is 8.78 Å². The molecule has 0 aliphatic rings. The van der Waals surface area contributed by atoms with Crippen molar-refractivity contribution in [3.8, 4) is 16.9 Å². The van der Waals surface area contributed by atoms with Crippen molar-refractivity contribution in [2.45, 2.75) is 6.43 Å². The van der Waals surface area contributed by atoms with Crippen LogP contribution in [-0.4, -0.2) is 31.2 Å². The van der Waals surface area contributed by atoms with E-state index < -0.39 is 13.0 Å². The molecule has 0 amide bonds. The van der Waals surface area contributed by atoms with E-state index in [2.05, 4.69) is 4.98 Å². The summed E-state index contributed by atoms with van der Waals surface area (Å²) < 4.78 is 33.9. The fourth-order valence-corrected chi connectivity index (χ4v) is 1.70. The maximum absolute atomic E-state index is 11.9. The van der Waals surface area contributed by atoms with Crippen molar-refractivity contribution in [3.05, 3.63) is 48.8 Å². The van der Waals surface area contributed by atoms with Crippen molar-refractivity contribution in [1.82, 2.24) is 4.98 Å². The number of hydrogen-bond donors (Lipinski definition) is 0. The number of hydrogen-bond acceptors (Lipinski definition) is 3. The summed E-state index contributed by atoms with van der Waals surface area (Å²) in [7, 11) is 0. The van der Waals surface area contributed by atoms with Gasteiger partial charge >= 0.3 is 0 Å². The minimum Gasteiger partial charge on any atom is -0.491 e. The van der Waals surface area contributed by atoms with Gasteiger partial charge in [0, 0.05) is 12.4 Å². The molecular weight excluding hydrogens is 264 g/mol. The molecule has 0 fully saturated rings. The lowest BCUT2D eigenvalue weighted by molar-refractivity contribution is 0.00764. The van der Waals surface area contributed by atoms with Crippen LogP contribution in [0, 0.1) is 0 Å². The second-order valence-corrected chi connectivity index (χ2v) is 4.08. The molecule has 0 N–H and O–H groups in total. The van der Waals surface area contributed by atoms with E-state index in [-0.39, 0.29) is 13.2 Å². The Morgan fingerprint density at radius 2 is 1.80 bits per heavy atom.